The first-order valence-electron chi connectivity index (χ1n) is 8.57. The molecule has 6 nitrogen and oxygen atoms in total. The Morgan fingerprint density at radius 1 is 1.43 bits per heavy atom. The van der Waals surface area contributed by atoms with E-state index in [-0.39, 0.29) is 6.04 Å². The second-order valence-electron chi connectivity index (χ2n) is 6.57. The maximum Gasteiger partial charge on any atom is 0.191 e. The topological polar surface area (TPSA) is 62.0 Å². The molecule has 6 heteroatoms. The van der Waals surface area contributed by atoms with Crippen LogP contribution in [0.4, 0.5) is 0 Å². The molecular formula is C17H28N4O2. The fourth-order valence-electron chi connectivity index (χ4n) is 3.45. The highest BCUT2D eigenvalue weighted by atomic mass is 16.5. The molecule has 0 saturated carbocycles. The van der Waals surface area contributed by atoms with Crippen LogP contribution in [0.25, 0.3) is 0 Å². The zero-order valence-electron chi connectivity index (χ0n) is 14.3. The van der Waals surface area contributed by atoms with Crippen LogP contribution in [0.1, 0.15) is 38.0 Å². The van der Waals surface area contributed by atoms with Gasteiger partial charge in [0.1, 0.15) is 5.76 Å². The van der Waals surface area contributed by atoms with E-state index in [1.807, 2.05) is 26.2 Å². The number of rotatable bonds is 6. The zero-order valence-corrected chi connectivity index (χ0v) is 14.3. The number of nitrogens with one attached hydrogen (secondary N) is 2. The smallest absolute Gasteiger partial charge is 0.191 e. The van der Waals surface area contributed by atoms with Gasteiger partial charge >= 0.3 is 0 Å². The molecular weight excluding hydrogens is 292 g/mol. The second kappa shape index (κ2) is 7.36. The minimum absolute atomic E-state index is 0.136. The number of nitrogens with zero attached hydrogens (tertiary/aromatic N) is 2. The minimum atomic E-state index is 0.136. The molecule has 1 aromatic heterocycles. The number of ether oxygens (including phenoxy) is 1. The highest BCUT2D eigenvalue weighted by molar-refractivity contribution is 5.80. The van der Waals surface area contributed by atoms with Gasteiger partial charge in [-0.3, -0.25) is 9.89 Å². The van der Waals surface area contributed by atoms with Gasteiger partial charge in [-0.05, 0) is 52.4 Å². The van der Waals surface area contributed by atoms with Crippen molar-refractivity contribution in [1.29, 1.82) is 0 Å². The summed E-state index contributed by atoms with van der Waals surface area (Å²) in [6, 6.07) is 4.44. The van der Waals surface area contributed by atoms with E-state index in [1.165, 1.54) is 6.42 Å². The SMILES string of the molecule is CCNC(=NCC(c1ccco1)N(C)C)NC1CC2CCC1O2. The number of guanidine groups is 1. The summed E-state index contributed by atoms with van der Waals surface area (Å²) in [5, 5.41) is 6.90. The molecule has 0 amide bonds. The molecule has 128 valence electrons. The molecule has 3 rings (SSSR count). The van der Waals surface area contributed by atoms with Crippen LogP contribution in [0.2, 0.25) is 0 Å². The second-order valence-corrected chi connectivity index (χ2v) is 6.57. The predicted molar refractivity (Wildman–Crippen MR) is 90.6 cm³/mol. The first kappa shape index (κ1) is 16.3. The fraction of sp³-hybridized carbons (Fsp3) is 0.706. The van der Waals surface area contributed by atoms with Gasteiger partial charge in [0.2, 0.25) is 0 Å². The van der Waals surface area contributed by atoms with Crippen molar-refractivity contribution in [3.05, 3.63) is 24.2 Å². The van der Waals surface area contributed by atoms with Gasteiger partial charge in [0.15, 0.2) is 5.96 Å². The number of fused-ring (bicyclic) bond motifs is 2. The van der Waals surface area contributed by atoms with E-state index in [4.69, 9.17) is 14.1 Å². The molecule has 1 aromatic rings. The molecule has 0 spiro atoms. The highest BCUT2D eigenvalue weighted by Gasteiger charge is 2.41. The average Bonchev–Trinajstić information content (AvgIpc) is 3.25. The lowest BCUT2D eigenvalue weighted by molar-refractivity contribution is 0.0992. The Hall–Kier alpha value is -1.53. The van der Waals surface area contributed by atoms with Gasteiger partial charge in [-0.1, -0.05) is 0 Å². The van der Waals surface area contributed by atoms with Crippen LogP contribution in [0, 0.1) is 0 Å². The molecule has 0 aromatic carbocycles. The Bertz CT molecular complexity index is 515. The summed E-state index contributed by atoms with van der Waals surface area (Å²) in [6.45, 7) is 3.59. The Morgan fingerprint density at radius 3 is 2.87 bits per heavy atom. The predicted octanol–water partition coefficient (Wildman–Crippen LogP) is 1.76. The lowest BCUT2D eigenvalue weighted by Gasteiger charge is -2.24. The third-order valence-corrected chi connectivity index (χ3v) is 4.69. The first-order chi connectivity index (χ1) is 11.2. The van der Waals surface area contributed by atoms with Crippen molar-refractivity contribution in [3.63, 3.8) is 0 Å². The summed E-state index contributed by atoms with van der Waals surface area (Å²) in [4.78, 5) is 6.91. The molecule has 2 N–H and O–H groups in total. The number of likely N-dealkylation sites (N-methyl/N-ethyl adjacent to an activating group) is 1. The van der Waals surface area contributed by atoms with Gasteiger partial charge in [-0.15, -0.1) is 0 Å². The van der Waals surface area contributed by atoms with Crippen LogP contribution in [0.5, 0.6) is 0 Å². The fourth-order valence-corrected chi connectivity index (χ4v) is 3.45. The van der Waals surface area contributed by atoms with Crippen molar-refractivity contribution >= 4 is 5.96 Å². The van der Waals surface area contributed by atoms with Crippen LogP contribution in [0.15, 0.2) is 27.8 Å². The zero-order chi connectivity index (χ0) is 16.2. The summed E-state index contributed by atoms with van der Waals surface area (Å²) in [5.41, 5.74) is 0. The van der Waals surface area contributed by atoms with Crippen molar-refractivity contribution in [2.24, 2.45) is 4.99 Å². The Kier molecular flexibility index (Phi) is 5.23. The van der Waals surface area contributed by atoms with E-state index in [0.29, 0.717) is 24.8 Å². The van der Waals surface area contributed by atoms with E-state index < -0.39 is 0 Å². The molecule has 0 aliphatic carbocycles. The molecule has 0 radical (unpaired) electrons. The largest absolute Gasteiger partial charge is 0.468 e. The van der Waals surface area contributed by atoms with Crippen LogP contribution in [0.3, 0.4) is 0 Å². The number of hydrogen-bond donors (Lipinski definition) is 2. The summed E-state index contributed by atoms with van der Waals surface area (Å²) in [5.74, 6) is 1.81. The molecule has 23 heavy (non-hydrogen) atoms. The molecule has 4 unspecified atom stereocenters. The van der Waals surface area contributed by atoms with E-state index in [2.05, 4.69) is 22.5 Å². The van der Waals surface area contributed by atoms with Gasteiger partial charge in [0.05, 0.1) is 37.1 Å². The number of aliphatic imine (C=N–C) groups is 1. The van der Waals surface area contributed by atoms with Gasteiger partial charge in [-0.25, -0.2) is 0 Å². The van der Waals surface area contributed by atoms with Crippen molar-refractivity contribution in [2.75, 3.05) is 27.2 Å². The lowest BCUT2D eigenvalue weighted by Crippen LogP contribution is -2.47. The maximum absolute atomic E-state index is 5.92. The lowest BCUT2D eigenvalue weighted by atomic mass is 9.96. The first-order valence-corrected chi connectivity index (χ1v) is 8.57. The van der Waals surface area contributed by atoms with Crippen LogP contribution in [-0.2, 0) is 4.74 Å². The maximum atomic E-state index is 5.92. The number of hydrogen-bond acceptors (Lipinski definition) is 4. The van der Waals surface area contributed by atoms with Crippen LogP contribution in [-0.4, -0.2) is 56.3 Å². The van der Waals surface area contributed by atoms with Gasteiger partial charge in [-0.2, -0.15) is 0 Å². The standard InChI is InChI=1S/C17H28N4O2/c1-4-18-17(20-13-10-12-7-8-15(13)23-12)19-11-14(21(2)3)16-6-5-9-22-16/h5-6,9,12-15H,4,7-8,10-11H2,1-3H3,(H2,18,19,20). The number of furan rings is 1. The van der Waals surface area contributed by atoms with E-state index >= 15 is 0 Å². The van der Waals surface area contributed by atoms with Crippen molar-refractivity contribution in [1.82, 2.24) is 15.5 Å². The monoisotopic (exact) mass is 320 g/mol. The molecule has 2 saturated heterocycles. The summed E-state index contributed by atoms with van der Waals surface area (Å²) in [6.07, 6.45) is 5.96. The quantitative estimate of drug-likeness (QED) is 0.618. The summed E-state index contributed by atoms with van der Waals surface area (Å²) >= 11 is 0. The molecule has 2 aliphatic rings. The van der Waals surface area contributed by atoms with Gasteiger partial charge in [0.25, 0.3) is 0 Å². The summed E-state index contributed by atoms with van der Waals surface area (Å²) < 4.78 is 11.5. The molecule has 2 aliphatic heterocycles. The van der Waals surface area contributed by atoms with E-state index in [9.17, 15) is 0 Å². The van der Waals surface area contributed by atoms with Gasteiger partial charge in [0, 0.05) is 6.54 Å². The van der Waals surface area contributed by atoms with Crippen LogP contribution < -0.4 is 10.6 Å². The van der Waals surface area contributed by atoms with Crippen molar-refractivity contribution < 1.29 is 9.15 Å². The Morgan fingerprint density at radius 2 is 2.30 bits per heavy atom. The Labute approximate surface area is 138 Å². The van der Waals surface area contributed by atoms with Gasteiger partial charge < -0.3 is 19.8 Å². The minimum Gasteiger partial charge on any atom is -0.468 e. The molecule has 2 bridgehead atoms. The third kappa shape index (κ3) is 3.87. The molecule has 2 fully saturated rings. The normalized spacial score (nSPS) is 28.3. The molecule has 4 atom stereocenters. The van der Waals surface area contributed by atoms with E-state index in [0.717, 1.165) is 31.1 Å². The summed E-state index contributed by atoms with van der Waals surface area (Å²) in [7, 11) is 4.10. The third-order valence-electron chi connectivity index (χ3n) is 4.69. The highest BCUT2D eigenvalue weighted by Crippen LogP contribution is 2.34. The average molecular weight is 320 g/mol. The van der Waals surface area contributed by atoms with Crippen molar-refractivity contribution in [3.8, 4) is 0 Å². The Balaban J connectivity index is 1.63. The van der Waals surface area contributed by atoms with Crippen molar-refractivity contribution in [2.45, 2.75) is 50.5 Å². The van der Waals surface area contributed by atoms with Crippen LogP contribution >= 0.6 is 0 Å². The van der Waals surface area contributed by atoms with E-state index in [1.54, 1.807) is 6.26 Å². The molecule has 3 heterocycles.